The molecule has 1 radical (unpaired) electrons. The number of nitrogens with zero attached hydrogens (tertiary/aromatic N) is 1. The molecule has 0 spiro atoms. The van der Waals surface area contributed by atoms with Gasteiger partial charge in [-0.3, -0.25) is 9.78 Å². The molecule has 1 aromatic heterocycles. The molecule has 0 aliphatic carbocycles. The number of carbonyl (C=O) groups excluding carboxylic acids is 1. The SMILES string of the molecule is CCC(CC)C(=O)/C=C(\O)C(CC)CC.C[Si](C)(C)c1ccc2c(ccc3c4ccnc(-c5[c-]c6ccccc6c(C(F)(F)F)c5)c4ccc23)c1.[Ir]. The number of pyridine rings is 1. The van der Waals surface area contributed by atoms with Crippen LogP contribution in [0.15, 0.2) is 96.9 Å². The van der Waals surface area contributed by atoms with Crippen LogP contribution in [0.3, 0.4) is 0 Å². The standard InChI is InChI=1S/C31H23F3NSi.C13H24O2.Ir/c1-36(2,3)22-9-11-23-20(17-22)8-10-26-25(23)12-13-28-27(26)14-15-35-30(28)21-16-19-6-4-5-7-24(19)29(18-21)31(32,33)34;1-5-10(6-2)12(14)9-13(15)11(7-3)8-4;/h4-15,17-18H,1-3H3;9-11,14H,5-8H2,1-4H3;/q-1;;/b;12-9-;. The number of fused-ring (bicyclic) bond motifs is 6. The Kier molecular flexibility index (Phi) is 13.3. The van der Waals surface area contributed by atoms with Crippen molar-refractivity contribution in [2.24, 2.45) is 11.8 Å². The zero-order valence-corrected chi connectivity index (χ0v) is 34.3. The first kappa shape index (κ1) is 40.9. The summed E-state index contributed by atoms with van der Waals surface area (Å²) < 4.78 is 41.9. The minimum Gasteiger partial charge on any atom is -0.512 e. The van der Waals surface area contributed by atoms with Crippen molar-refractivity contribution in [3.63, 3.8) is 0 Å². The van der Waals surface area contributed by atoms with Gasteiger partial charge in [0.25, 0.3) is 0 Å². The molecular weight excluding hydrogens is 852 g/mol. The molecule has 1 heterocycles. The van der Waals surface area contributed by atoms with Gasteiger partial charge in [0.05, 0.1) is 13.8 Å². The van der Waals surface area contributed by atoms with E-state index in [1.807, 2.05) is 39.8 Å². The molecule has 0 unspecified atom stereocenters. The molecule has 8 heteroatoms. The number of halogens is 3. The van der Waals surface area contributed by atoms with Crippen LogP contribution in [0.4, 0.5) is 13.2 Å². The largest absolute Gasteiger partial charge is 0.512 e. The average Bonchev–Trinajstić information content (AvgIpc) is 3.10. The smallest absolute Gasteiger partial charge is 0.403 e. The molecule has 6 aromatic rings. The summed E-state index contributed by atoms with van der Waals surface area (Å²) in [4.78, 5) is 16.2. The number of aliphatic hydroxyl groups is 1. The average molecular weight is 899 g/mol. The van der Waals surface area contributed by atoms with Crippen molar-refractivity contribution < 1.29 is 43.2 Å². The Labute approximate surface area is 319 Å². The molecule has 0 bridgehead atoms. The summed E-state index contributed by atoms with van der Waals surface area (Å²) in [6.45, 7) is 15.1. The van der Waals surface area contributed by atoms with Crippen molar-refractivity contribution in [1.29, 1.82) is 0 Å². The fourth-order valence-electron chi connectivity index (χ4n) is 6.86. The van der Waals surface area contributed by atoms with Crippen LogP contribution in [0.2, 0.25) is 19.6 Å². The summed E-state index contributed by atoms with van der Waals surface area (Å²) in [6.07, 6.45) is 2.10. The summed E-state index contributed by atoms with van der Waals surface area (Å²) in [5.41, 5.74) is 0.169. The second kappa shape index (κ2) is 16.9. The van der Waals surface area contributed by atoms with Crippen LogP contribution >= 0.6 is 0 Å². The third kappa shape index (κ3) is 8.68. The van der Waals surface area contributed by atoms with Crippen molar-refractivity contribution in [3.05, 3.63) is 109 Å². The summed E-state index contributed by atoms with van der Waals surface area (Å²) in [6, 6.07) is 27.8. The number of carbonyl (C=O) groups is 1. The summed E-state index contributed by atoms with van der Waals surface area (Å²) in [5.74, 6) is 0.547. The molecule has 0 aliphatic heterocycles. The molecule has 5 aromatic carbocycles. The van der Waals surface area contributed by atoms with Gasteiger partial charge in [-0.25, -0.2) is 0 Å². The van der Waals surface area contributed by atoms with Gasteiger partial charge >= 0.3 is 6.18 Å². The van der Waals surface area contributed by atoms with E-state index in [1.54, 1.807) is 24.4 Å². The van der Waals surface area contributed by atoms with Crippen LogP contribution in [0, 0.1) is 17.9 Å². The van der Waals surface area contributed by atoms with E-state index in [2.05, 4.69) is 67.1 Å². The van der Waals surface area contributed by atoms with Crippen LogP contribution in [-0.4, -0.2) is 23.9 Å². The van der Waals surface area contributed by atoms with Crippen molar-refractivity contribution in [3.8, 4) is 11.3 Å². The topological polar surface area (TPSA) is 50.2 Å². The Morgan fingerprint density at radius 1 is 0.769 bits per heavy atom. The summed E-state index contributed by atoms with van der Waals surface area (Å²) in [5, 5.41) is 18.1. The number of hydrogen-bond donors (Lipinski definition) is 1. The van der Waals surface area contributed by atoms with Crippen LogP contribution in [0.1, 0.15) is 58.9 Å². The zero-order valence-electron chi connectivity index (χ0n) is 30.9. The van der Waals surface area contributed by atoms with E-state index in [1.165, 1.54) is 34.2 Å². The molecule has 6 rings (SSSR count). The van der Waals surface area contributed by atoms with E-state index in [-0.39, 0.29) is 48.9 Å². The molecule has 3 nitrogen and oxygen atoms in total. The van der Waals surface area contributed by atoms with E-state index < -0.39 is 19.8 Å². The molecule has 0 saturated heterocycles. The number of benzene rings is 5. The quantitative estimate of drug-likeness (QED) is 0.0517. The number of rotatable bonds is 9. The van der Waals surface area contributed by atoms with Gasteiger partial charge in [-0.1, -0.05) is 124 Å². The molecule has 275 valence electrons. The van der Waals surface area contributed by atoms with Gasteiger partial charge < -0.3 is 5.11 Å². The maximum Gasteiger partial charge on any atom is 0.403 e. The minimum atomic E-state index is -4.48. The van der Waals surface area contributed by atoms with Gasteiger partial charge in [0.15, 0.2) is 5.78 Å². The Balaban J connectivity index is 0.000000323. The molecule has 1 N–H and O–H groups in total. The third-order valence-corrected chi connectivity index (χ3v) is 12.1. The van der Waals surface area contributed by atoms with E-state index in [4.69, 9.17) is 0 Å². The van der Waals surface area contributed by atoms with Crippen LogP contribution < -0.4 is 5.19 Å². The van der Waals surface area contributed by atoms with Gasteiger partial charge in [0.1, 0.15) is 0 Å². The number of hydrogen-bond acceptors (Lipinski definition) is 3. The van der Waals surface area contributed by atoms with Crippen molar-refractivity contribution in [2.45, 2.75) is 79.2 Å². The molecular formula is C44H47F3IrNO2Si-. The summed E-state index contributed by atoms with van der Waals surface area (Å²) in [7, 11) is -1.44. The zero-order chi connectivity index (χ0) is 37.1. The van der Waals surface area contributed by atoms with Gasteiger partial charge in [-0.2, -0.15) is 13.2 Å². The van der Waals surface area contributed by atoms with Gasteiger partial charge in [0, 0.05) is 49.9 Å². The van der Waals surface area contributed by atoms with E-state index >= 15 is 0 Å². The van der Waals surface area contributed by atoms with Gasteiger partial charge in [-0.15, -0.1) is 23.6 Å². The first-order valence-corrected chi connectivity index (χ1v) is 21.4. The Morgan fingerprint density at radius 3 is 1.98 bits per heavy atom. The molecule has 0 amide bonds. The minimum absolute atomic E-state index is 0. The maximum absolute atomic E-state index is 14.0. The number of aromatic nitrogens is 1. The van der Waals surface area contributed by atoms with Crippen molar-refractivity contribution in [1.82, 2.24) is 4.98 Å². The predicted molar refractivity (Wildman–Crippen MR) is 210 cm³/mol. The number of allylic oxidation sites excluding steroid dienone is 2. The Morgan fingerprint density at radius 2 is 1.35 bits per heavy atom. The fraction of sp³-hybridized carbons (Fsp3) is 0.318. The van der Waals surface area contributed by atoms with E-state index in [9.17, 15) is 23.1 Å². The molecule has 0 saturated carbocycles. The van der Waals surface area contributed by atoms with Gasteiger partial charge in [0.2, 0.25) is 0 Å². The van der Waals surface area contributed by atoms with Crippen LogP contribution in [0.25, 0.3) is 54.3 Å². The second-order valence-electron chi connectivity index (χ2n) is 14.3. The maximum atomic E-state index is 14.0. The normalized spacial score (nSPS) is 12.4. The van der Waals surface area contributed by atoms with E-state index in [0.717, 1.165) is 47.2 Å². The van der Waals surface area contributed by atoms with Crippen LogP contribution in [-0.2, 0) is 31.1 Å². The molecule has 0 atom stereocenters. The first-order valence-electron chi connectivity index (χ1n) is 17.9. The number of aliphatic hydroxyl groups excluding tert-OH is 1. The fourth-order valence-corrected chi connectivity index (χ4v) is 8.04. The number of ketones is 1. The Hall–Kier alpha value is -3.84. The predicted octanol–water partition coefficient (Wildman–Crippen LogP) is 12.6. The molecule has 0 fully saturated rings. The second-order valence-corrected chi connectivity index (χ2v) is 19.4. The number of alkyl halides is 3. The van der Waals surface area contributed by atoms with Crippen molar-refractivity contribution >= 4 is 62.1 Å². The van der Waals surface area contributed by atoms with Crippen LogP contribution in [0.5, 0.6) is 0 Å². The van der Waals surface area contributed by atoms with Gasteiger partial charge in [-0.05, 0) is 69.6 Å². The monoisotopic (exact) mass is 899 g/mol. The Bertz CT molecular complexity index is 2230. The van der Waals surface area contributed by atoms with Crippen molar-refractivity contribution in [2.75, 3.05) is 0 Å². The van der Waals surface area contributed by atoms with E-state index in [0.29, 0.717) is 16.6 Å². The third-order valence-electron chi connectivity index (χ3n) is 10.0. The molecule has 52 heavy (non-hydrogen) atoms. The first-order chi connectivity index (χ1) is 24.2. The summed E-state index contributed by atoms with van der Waals surface area (Å²) >= 11 is 0. The molecule has 0 aliphatic rings.